The Bertz CT molecular complexity index is 1190. The van der Waals surface area contributed by atoms with Crippen LogP contribution >= 0.6 is 11.3 Å². The van der Waals surface area contributed by atoms with Crippen LogP contribution in [-0.2, 0) is 0 Å². The van der Waals surface area contributed by atoms with E-state index in [1.807, 2.05) is 65.6 Å². The third-order valence-electron chi connectivity index (χ3n) is 5.61. The topological polar surface area (TPSA) is 45.7 Å². The summed E-state index contributed by atoms with van der Waals surface area (Å²) in [6.07, 6.45) is 0. The Morgan fingerprint density at radius 2 is 1.77 bits per heavy atom. The third-order valence-corrected chi connectivity index (χ3v) is 6.67. The average molecular weight is 434 g/mol. The van der Waals surface area contributed by atoms with E-state index in [-0.39, 0.29) is 5.91 Å². The van der Waals surface area contributed by atoms with Crippen molar-refractivity contribution in [3.63, 3.8) is 0 Å². The summed E-state index contributed by atoms with van der Waals surface area (Å²) in [7, 11) is 1.65. The molecule has 4 rings (SSSR count). The first-order valence-electron chi connectivity index (χ1n) is 10.6. The molecule has 0 atom stereocenters. The number of methoxy groups -OCH3 is 1. The summed E-state index contributed by atoms with van der Waals surface area (Å²) in [4.78, 5) is 22.8. The van der Waals surface area contributed by atoms with E-state index < -0.39 is 0 Å². The normalized spacial score (nSPS) is 11.4. The lowest BCUT2D eigenvalue weighted by Gasteiger charge is -2.25. The van der Waals surface area contributed by atoms with Crippen LogP contribution in [0.5, 0.6) is 5.75 Å². The molecule has 1 amide bonds. The van der Waals surface area contributed by atoms with Gasteiger partial charge in [-0.2, -0.15) is 0 Å². The van der Waals surface area contributed by atoms with Crippen molar-refractivity contribution in [2.24, 2.45) is 0 Å². The molecule has 0 radical (unpaired) electrons. The first-order valence-corrected chi connectivity index (χ1v) is 11.4. The lowest BCUT2D eigenvalue weighted by atomic mass is 10.0. The number of thiazole rings is 1. The number of benzene rings is 3. The number of hydrogen-bond acceptors (Lipinski definition) is 5. The lowest BCUT2D eigenvalue weighted by Crippen LogP contribution is -2.39. The molecule has 0 aliphatic heterocycles. The van der Waals surface area contributed by atoms with Gasteiger partial charge in [-0.25, -0.2) is 4.98 Å². The second kappa shape index (κ2) is 9.45. The fourth-order valence-corrected chi connectivity index (χ4v) is 4.73. The lowest BCUT2D eigenvalue weighted by molar-refractivity contribution is 0.0985. The van der Waals surface area contributed by atoms with Crippen LogP contribution in [0.15, 0.2) is 60.7 Å². The van der Waals surface area contributed by atoms with Crippen molar-refractivity contribution in [3.8, 4) is 5.75 Å². The van der Waals surface area contributed by atoms with Crippen LogP contribution in [0.1, 0.15) is 24.2 Å². The van der Waals surface area contributed by atoms with E-state index in [0.717, 1.165) is 46.4 Å². The van der Waals surface area contributed by atoms with E-state index in [4.69, 9.17) is 9.72 Å². The quantitative estimate of drug-likeness (QED) is 0.371. The number of aromatic nitrogens is 1. The molecule has 0 aliphatic rings. The molecule has 0 spiro atoms. The van der Waals surface area contributed by atoms with Crippen LogP contribution in [0.3, 0.4) is 0 Å². The van der Waals surface area contributed by atoms with E-state index in [1.165, 1.54) is 11.3 Å². The van der Waals surface area contributed by atoms with Gasteiger partial charge in [0.05, 0.1) is 17.3 Å². The van der Waals surface area contributed by atoms with E-state index in [1.54, 1.807) is 7.11 Å². The van der Waals surface area contributed by atoms with E-state index in [0.29, 0.717) is 17.2 Å². The van der Waals surface area contributed by atoms with Crippen LogP contribution in [-0.4, -0.2) is 49.1 Å². The summed E-state index contributed by atoms with van der Waals surface area (Å²) in [5.41, 5.74) is 1.55. The van der Waals surface area contributed by atoms with Crippen molar-refractivity contribution in [2.75, 3.05) is 38.2 Å². The molecule has 3 aromatic carbocycles. The van der Waals surface area contributed by atoms with Crippen molar-refractivity contribution < 1.29 is 9.53 Å². The molecular weight excluding hydrogens is 406 g/mol. The number of rotatable bonds is 8. The second-order valence-corrected chi connectivity index (χ2v) is 8.35. The zero-order valence-electron chi connectivity index (χ0n) is 18.2. The van der Waals surface area contributed by atoms with Crippen LogP contribution in [0, 0.1) is 0 Å². The predicted octanol–water partition coefficient (Wildman–Crippen LogP) is 5.45. The summed E-state index contributed by atoms with van der Waals surface area (Å²) < 4.78 is 6.38. The van der Waals surface area contributed by atoms with Crippen LogP contribution < -0.4 is 9.64 Å². The number of nitrogens with zero attached hydrogens (tertiary/aromatic N) is 3. The molecule has 0 bridgehead atoms. The molecule has 0 fully saturated rings. The maximum atomic E-state index is 13.8. The number of hydrogen-bond donors (Lipinski definition) is 0. The monoisotopic (exact) mass is 433 g/mol. The van der Waals surface area contributed by atoms with Gasteiger partial charge < -0.3 is 9.64 Å². The van der Waals surface area contributed by atoms with Gasteiger partial charge in [-0.05, 0) is 42.1 Å². The number of anilines is 1. The smallest absolute Gasteiger partial charge is 0.260 e. The molecule has 31 heavy (non-hydrogen) atoms. The molecule has 4 aromatic rings. The highest BCUT2D eigenvalue weighted by molar-refractivity contribution is 7.22. The minimum absolute atomic E-state index is 0.0185. The van der Waals surface area contributed by atoms with Crippen molar-refractivity contribution in [3.05, 3.63) is 66.2 Å². The SMILES string of the molecule is CCN(CC)CCN(C(=O)c1cccc2ccccc12)c1nc2cc(OC)ccc2s1. The molecule has 0 unspecified atom stereocenters. The predicted molar refractivity (Wildman–Crippen MR) is 130 cm³/mol. The minimum Gasteiger partial charge on any atom is -0.497 e. The van der Waals surface area contributed by atoms with Crippen LogP contribution in [0.2, 0.25) is 0 Å². The molecule has 5 nitrogen and oxygen atoms in total. The van der Waals surface area contributed by atoms with Gasteiger partial charge in [0, 0.05) is 24.7 Å². The second-order valence-electron chi connectivity index (χ2n) is 7.34. The van der Waals surface area contributed by atoms with Gasteiger partial charge in [0.1, 0.15) is 5.75 Å². The summed E-state index contributed by atoms with van der Waals surface area (Å²) in [5, 5.41) is 2.74. The number of ether oxygens (including phenoxy) is 1. The number of fused-ring (bicyclic) bond motifs is 2. The number of amides is 1. The zero-order chi connectivity index (χ0) is 21.8. The van der Waals surface area contributed by atoms with E-state index in [9.17, 15) is 4.79 Å². The number of carbonyl (C=O) groups is 1. The van der Waals surface area contributed by atoms with Crippen molar-refractivity contribution in [1.82, 2.24) is 9.88 Å². The Balaban J connectivity index is 1.76. The van der Waals surface area contributed by atoms with Gasteiger partial charge in [0.25, 0.3) is 5.91 Å². The standard InChI is InChI=1S/C25H27N3O2S/c1-4-27(5-2)15-16-28(25-26-22-17-19(30-3)13-14-23(22)31-25)24(29)21-12-8-10-18-9-6-7-11-20(18)21/h6-14,17H,4-5,15-16H2,1-3H3. The highest BCUT2D eigenvalue weighted by atomic mass is 32.1. The first-order chi connectivity index (χ1) is 15.1. The first kappa shape index (κ1) is 21.3. The minimum atomic E-state index is -0.0185. The van der Waals surface area contributed by atoms with Gasteiger partial charge in [-0.1, -0.05) is 61.6 Å². The molecule has 0 saturated carbocycles. The Kier molecular flexibility index (Phi) is 6.49. The summed E-state index contributed by atoms with van der Waals surface area (Å²) in [6.45, 7) is 7.56. The largest absolute Gasteiger partial charge is 0.497 e. The zero-order valence-corrected chi connectivity index (χ0v) is 19.0. The number of likely N-dealkylation sites (N-methyl/N-ethyl adjacent to an activating group) is 1. The van der Waals surface area contributed by atoms with E-state index >= 15 is 0 Å². The molecule has 160 valence electrons. The molecule has 1 aromatic heterocycles. The Hall–Kier alpha value is -2.96. The average Bonchev–Trinajstić information content (AvgIpc) is 3.24. The third kappa shape index (κ3) is 4.40. The highest BCUT2D eigenvalue weighted by Crippen LogP contribution is 2.32. The molecule has 0 saturated heterocycles. The molecule has 0 N–H and O–H groups in total. The van der Waals surface area contributed by atoms with Gasteiger partial charge in [-0.15, -0.1) is 0 Å². The fraction of sp³-hybridized carbons (Fsp3) is 0.280. The Morgan fingerprint density at radius 3 is 2.55 bits per heavy atom. The Morgan fingerprint density at radius 1 is 1.00 bits per heavy atom. The van der Waals surface area contributed by atoms with E-state index in [2.05, 4.69) is 18.7 Å². The summed E-state index contributed by atoms with van der Waals surface area (Å²) in [6, 6.07) is 19.8. The van der Waals surface area contributed by atoms with Gasteiger partial charge in [0.15, 0.2) is 5.13 Å². The summed E-state index contributed by atoms with van der Waals surface area (Å²) >= 11 is 1.54. The highest BCUT2D eigenvalue weighted by Gasteiger charge is 2.23. The Labute approximate surface area is 186 Å². The van der Waals surface area contributed by atoms with Gasteiger partial charge in [-0.3, -0.25) is 9.69 Å². The molecule has 6 heteroatoms. The van der Waals surface area contributed by atoms with Crippen LogP contribution in [0.4, 0.5) is 5.13 Å². The summed E-state index contributed by atoms with van der Waals surface area (Å²) in [5.74, 6) is 0.745. The van der Waals surface area contributed by atoms with Crippen molar-refractivity contribution in [1.29, 1.82) is 0 Å². The maximum absolute atomic E-state index is 13.8. The van der Waals surface area contributed by atoms with Crippen molar-refractivity contribution in [2.45, 2.75) is 13.8 Å². The molecular formula is C25H27N3O2S. The molecule has 0 aliphatic carbocycles. The number of carbonyl (C=O) groups excluding carboxylic acids is 1. The molecule has 1 heterocycles. The fourth-order valence-electron chi connectivity index (χ4n) is 3.76. The van der Waals surface area contributed by atoms with Gasteiger partial charge in [0.2, 0.25) is 0 Å². The maximum Gasteiger partial charge on any atom is 0.260 e. The van der Waals surface area contributed by atoms with Gasteiger partial charge >= 0.3 is 0 Å². The van der Waals surface area contributed by atoms with Crippen LogP contribution in [0.25, 0.3) is 21.0 Å². The van der Waals surface area contributed by atoms with Crippen molar-refractivity contribution >= 4 is 43.4 Å².